The smallest absolute Gasteiger partial charge is 0.238 e. The predicted molar refractivity (Wildman–Crippen MR) is 204 cm³/mol. The van der Waals surface area contributed by atoms with Crippen LogP contribution in [0.5, 0.6) is 0 Å². The molecular weight excluding hydrogens is 625 g/mol. The highest BCUT2D eigenvalue weighted by Crippen LogP contribution is 2.57. The highest BCUT2D eigenvalue weighted by Gasteiger charge is 2.50. The Balaban J connectivity index is 1.33. The number of para-hydroxylation sites is 4. The molecule has 1 aliphatic rings. The average molecular weight is 653 g/mol. The Morgan fingerprint density at radius 3 is 1.69 bits per heavy atom. The van der Waals surface area contributed by atoms with E-state index in [9.17, 15) is 0 Å². The fourth-order valence-electron chi connectivity index (χ4n) is 8.42. The van der Waals surface area contributed by atoms with Gasteiger partial charge in [-0.15, -0.1) is 0 Å². The van der Waals surface area contributed by atoms with Crippen LogP contribution in [-0.2, 0) is 5.41 Å². The highest BCUT2D eigenvalue weighted by molar-refractivity contribution is 6.09. The van der Waals surface area contributed by atoms with E-state index in [1.165, 1.54) is 0 Å². The highest BCUT2D eigenvalue weighted by atomic mass is 16.3. The lowest BCUT2D eigenvalue weighted by molar-refractivity contribution is 0.632. The molecule has 0 unspecified atom stereocenters. The van der Waals surface area contributed by atoms with Gasteiger partial charge in [0.2, 0.25) is 5.95 Å². The summed E-state index contributed by atoms with van der Waals surface area (Å²) in [6.45, 7) is 0. The molecule has 0 amide bonds. The second-order valence-corrected chi connectivity index (χ2v) is 13.1. The minimum atomic E-state index is -0.930. The van der Waals surface area contributed by atoms with Gasteiger partial charge in [-0.05, 0) is 40.5 Å². The van der Waals surface area contributed by atoms with Crippen molar-refractivity contribution in [1.29, 1.82) is 0 Å². The van der Waals surface area contributed by atoms with Crippen LogP contribution in [0.15, 0.2) is 174 Å². The standard InChI is InChI=1S/C46H28N4O/c1-2-15-29(16-3-1)43-47-44(49-45(48-43)50-39-26-11-6-19-32(39)33-20-7-12-27-40(33)50)46(36-23-9-4-17-30(36)31-18-5-10-24-37(31)46)38-25-14-22-35-34-21-8-13-28-41(34)51-42(35)38/h1-28H. The molecule has 3 aromatic heterocycles. The molecule has 51 heavy (non-hydrogen) atoms. The molecule has 3 heterocycles. The first-order valence-electron chi connectivity index (χ1n) is 17.2. The summed E-state index contributed by atoms with van der Waals surface area (Å²) in [6, 6.07) is 59.2. The molecule has 0 bridgehead atoms. The van der Waals surface area contributed by atoms with Crippen molar-refractivity contribution < 1.29 is 4.42 Å². The molecule has 0 N–H and O–H groups in total. The fourth-order valence-corrected chi connectivity index (χ4v) is 8.42. The van der Waals surface area contributed by atoms with Crippen molar-refractivity contribution in [2.45, 2.75) is 5.41 Å². The van der Waals surface area contributed by atoms with E-state index >= 15 is 0 Å². The molecule has 238 valence electrons. The van der Waals surface area contributed by atoms with Crippen LogP contribution in [0.2, 0.25) is 0 Å². The van der Waals surface area contributed by atoms with Gasteiger partial charge in [-0.25, -0.2) is 4.98 Å². The normalized spacial score (nSPS) is 13.3. The number of hydrogen-bond acceptors (Lipinski definition) is 4. The van der Waals surface area contributed by atoms with Gasteiger partial charge in [-0.2, -0.15) is 9.97 Å². The Kier molecular flexibility index (Phi) is 5.81. The Labute approximate surface area is 293 Å². The van der Waals surface area contributed by atoms with Gasteiger partial charge < -0.3 is 4.42 Å². The lowest BCUT2D eigenvalue weighted by Crippen LogP contribution is -2.32. The van der Waals surface area contributed by atoms with Crippen molar-refractivity contribution in [3.63, 3.8) is 0 Å². The van der Waals surface area contributed by atoms with Crippen LogP contribution in [0.1, 0.15) is 22.5 Å². The van der Waals surface area contributed by atoms with E-state index < -0.39 is 5.41 Å². The third kappa shape index (κ3) is 3.83. The molecule has 0 saturated carbocycles. The van der Waals surface area contributed by atoms with Crippen LogP contribution in [0.4, 0.5) is 0 Å². The summed E-state index contributed by atoms with van der Waals surface area (Å²) in [5.41, 5.74) is 9.25. The Morgan fingerprint density at radius 2 is 0.980 bits per heavy atom. The van der Waals surface area contributed by atoms with Gasteiger partial charge in [0.05, 0.1) is 11.0 Å². The molecule has 0 saturated heterocycles. The summed E-state index contributed by atoms with van der Waals surface area (Å²) < 4.78 is 9.01. The number of aromatic nitrogens is 4. The maximum atomic E-state index is 6.83. The summed E-state index contributed by atoms with van der Waals surface area (Å²) in [7, 11) is 0. The molecular formula is C46H28N4O. The van der Waals surface area contributed by atoms with Gasteiger partial charge in [0, 0.05) is 32.7 Å². The lowest BCUT2D eigenvalue weighted by atomic mass is 9.71. The van der Waals surface area contributed by atoms with E-state index in [2.05, 4.69) is 144 Å². The zero-order chi connectivity index (χ0) is 33.5. The van der Waals surface area contributed by atoms with Crippen LogP contribution in [0.3, 0.4) is 0 Å². The molecule has 5 heteroatoms. The number of nitrogens with zero attached hydrogens (tertiary/aromatic N) is 4. The minimum Gasteiger partial charge on any atom is -0.456 e. The SMILES string of the molecule is c1ccc(-c2nc(-n3c4ccccc4c4ccccc43)nc(C3(c4cccc5c4oc4ccccc45)c4ccccc4-c4ccccc43)n2)cc1. The monoisotopic (exact) mass is 652 g/mol. The average Bonchev–Trinajstić information content (AvgIpc) is 3.85. The Bertz CT molecular complexity index is 2890. The molecule has 0 atom stereocenters. The number of rotatable bonds is 4. The Morgan fingerprint density at radius 1 is 0.431 bits per heavy atom. The minimum absolute atomic E-state index is 0.564. The van der Waals surface area contributed by atoms with Gasteiger partial charge in [-0.3, -0.25) is 4.57 Å². The van der Waals surface area contributed by atoms with Crippen LogP contribution in [-0.4, -0.2) is 19.5 Å². The molecule has 10 aromatic rings. The third-order valence-electron chi connectivity index (χ3n) is 10.5. The first-order chi connectivity index (χ1) is 25.3. The topological polar surface area (TPSA) is 56.7 Å². The number of fused-ring (bicyclic) bond motifs is 9. The van der Waals surface area contributed by atoms with E-state index in [1.807, 2.05) is 30.3 Å². The van der Waals surface area contributed by atoms with Crippen molar-refractivity contribution in [3.05, 3.63) is 192 Å². The van der Waals surface area contributed by atoms with Crippen molar-refractivity contribution in [3.8, 4) is 28.5 Å². The van der Waals surface area contributed by atoms with Crippen LogP contribution in [0.25, 0.3) is 72.2 Å². The molecule has 0 spiro atoms. The summed E-state index contributed by atoms with van der Waals surface area (Å²) >= 11 is 0. The Hall–Kier alpha value is -6.85. The van der Waals surface area contributed by atoms with E-state index in [1.54, 1.807) is 0 Å². The number of furan rings is 1. The summed E-state index contributed by atoms with van der Waals surface area (Å²) in [6.07, 6.45) is 0. The molecule has 0 radical (unpaired) electrons. The molecule has 0 aliphatic heterocycles. The fraction of sp³-hybridized carbons (Fsp3) is 0.0217. The maximum absolute atomic E-state index is 6.83. The zero-order valence-electron chi connectivity index (χ0n) is 27.4. The first kappa shape index (κ1) is 28.0. The van der Waals surface area contributed by atoms with Crippen molar-refractivity contribution in [2.24, 2.45) is 0 Å². The molecule has 5 nitrogen and oxygen atoms in total. The zero-order valence-corrected chi connectivity index (χ0v) is 27.4. The third-order valence-corrected chi connectivity index (χ3v) is 10.5. The predicted octanol–water partition coefficient (Wildman–Crippen LogP) is 10.9. The van der Waals surface area contributed by atoms with Gasteiger partial charge >= 0.3 is 0 Å². The maximum Gasteiger partial charge on any atom is 0.238 e. The number of hydrogen-bond donors (Lipinski definition) is 0. The van der Waals surface area contributed by atoms with E-state index in [0.717, 1.165) is 77.1 Å². The van der Waals surface area contributed by atoms with Crippen molar-refractivity contribution in [1.82, 2.24) is 19.5 Å². The lowest BCUT2D eigenvalue weighted by Gasteiger charge is -2.32. The second kappa shape index (κ2) is 10.6. The molecule has 1 aliphatic carbocycles. The van der Waals surface area contributed by atoms with Gasteiger partial charge in [0.15, 0.2) is 11.6 Å². The van der Waals surface area contributed by atoms with Gasteiger partial charge in [0.1, 0.15) is 16.6 Å². The van der Waals surface area contributed by atoms with Gasteiger partial charge in [0.25, 0.3) is 0 Å². The molecule has 0 fully saturated rings. The van der Waals surface area contributed by atoms with Gasteiger partial charge in [-0.1, -0.05) is 152 Å². The molecule has 11 rings (SSSR count). The van der Waals surface area contributed by atoms with Crippen LogP contribution < -0.4 is 0 Å². The summed E-state index contributed by atoms with van der Waals surface area (Å²) in [5.74, 6) is 1.81. The number of benzene rings is 7. The summed E-state index contributed by atoms with van der Waals surface area (Å²) in [5, 5.41) is 4.43. The van der Waals surface area contributed by atoms with Crippen molar-refractivity contribution >= 4 is 43.7 Å². The molecule has 7 aromatic carbocycles. The van der Waals surface area contributed by atoms with Crippen LogP contribution >= 0.6 is 0 Å². The van der Waals surface area contributed by atoms with Crippen LogP contribution in [0, 0.1) is 0 Å². The van der Waals surface area contributed by atoms with E-state index in [-0.39, 0.29) is 0 Å². The van der Waals surface area contributed by atoms with E-state index in [0.29, 0.717) is 17.6 Å². The quantitative estimate of drug-likeness (QED) is 0.190. The van der Waals surface area contributed by atoms with E-state index in [4.69, 9.17) is 19.4 Å². The largest absolute Gasteiger partial charge is 0.456 e. The first-order valence-corrected chi connectivity index (χ1v) is 17.2. The second-order valence-electron chi connectivity index (χ2n) is 13.1. The summed E-state index contributed by atoms with van der Waals surface area (Å²) in [4.78, 5) is 16.3. The van der Waals surface area contributed by atoms with Crippen molar-refractivity contribution in [2.75, 3.05) is 0 Å².